The molecule has 1 aromatic rings. The van der Waals surface area contributed by atoms with E-state index < -0.39 is 0 Å². The molecule has 1 aliphatic rings. The normalized spacial score (nSPS) is 13.8. The van der Waals surface area contributed by atoms with Gasteiger partial charge in [-0.1, -0.05) is 0 Å². The number of hydrogen-bond donors (Lipinski definition) is 1. The van der Waals surface area contributed by atoms with Gasteiger partial charge in [-0.25, -0.2) is 0 Å². The van der Waals surface area contributed by atoms with Crippen molar-refractivity contribution in [3.05, 3.63) is 24.0 Å². The maximum absolute atomic E-state index is 3.99. The highest BCUT2D eigenvalue weighted by Crippen LogP contribution is 2.22. The Bertz CT molecular complexity index is 257. The molecule has 1 aliphatic heterocycles. The van der Waals surface area contributed by atoms with E-state index in [2.05, 4.69) is 12.5 Å². The number of halogens is 1. The van der Waals surface area contributed by atoms with Gasteiger partial charge in [-0.2, -0.15) is 0 Å². The molecule has 0 aliphatic carbocycles. The van der Waals surface area contributed by atoms with Crippen molar-refractivity contribution in [1.29, 1.82) is 0 Å². The number of fused-ring (bicyclic) bond motifs is 1. The van der Waals surface area contributed by atoms with Crippen LogP contribution in [0.3, 0.4) is 0 Å². The molecule has 0 bridgehead atoms. The summed E-state index contributed by atoms with van der Waals surface area (Å²) in [5.74, 6) is 0. The zero-order valence-corrected chi connectivity index (χ0v) is 6.79. The van der Waals surface area contributed by atoms with E-state index in [1.165, 1.54) is 11.3 Å². The molecule has 0 spiro atoms. The average molecular weight is 232 g/mol. The van der Waals surface area contributed by atoms with Crippen molar-refractivity contribution in [1.82, 2.24) is 4.98 Å². The fraction of sp³-hybridized carbons (Fsp3) is 0. The zero-order valence-electron chi connectivity index (χ0n) is 4.63. The van der Waals surface area contributed by atoms with Crippen LogP contribution < -0.4 is 3.53 Å². The van der Waals surface area contributed by atoms with Crippen LogP contribution in [0.5, 0.6) is 0 Å². The van der Waals surface area contributed by atoms with Gasteiger partial charge in [0.1, 0.15) is 0 Å². The van der Waals surface area contributed by atoms with Crippen molar-refractivity contribution in [2.75, 3.05) is 3.53 Å². The Hall–Kier alpha value is -0.450. The predicted octanol–water partition coefficient (Wildman–Crippen LogP) is 1.54. The summed E-state index contributed by atoms with van der Waals surface area (Å²) in [7, 11) is 0. The Morgan fingerprint density at radius 3 is 3.44 bits per heavy atom. The van der Waals surface area contributed by atoms with E-state index >= 15 is 0 Å². The second-order valence-corrected chi connectivity index (χ2v) is 3.56. The molecule has 0 aromatic carbocycles. The summed E-state index contributed by atoms with van der Waals surface area (Å²) in [6, 6.07) is 2.04. The first-order valence-electron chi connectivity index (χ1n) is 2.62. The number of rotatable bonds is 0. The topological polar surface area (TPSA) is 24.9 Å². The molecule has 2 rings (SSSR count). The maximum Gasteiger partial charge on any atom is 0.0688 e. The van der Waals surface area contributed by atoms with Crippen molar-refractivity contribution < 1.29 is 0 Å². The molecule has 2 heterocycles. The number of aromatic nitrogens is 1. The lowest BCUT2D eigenvalue weighted by atomic mass is 10.3. The van der Waals surface area contributed by atoms with Gasteiger partial charge in [0.05, 0.1) is 11.9 Å². The average Bonchev–Trinajstić information content (AvgIpc) is 2.33. The van der Waals surface area contributed by atoms with Crippen LogP contribution in [0, 0.1) is 0 Å². The molecule has 1 aromatic heterocycles. The fourth-order valence-corrected chi connectivity index (χ4v) is 2.54. The van der Waals surface area contributed by atoms with Crippen molar-refractivity contribution >= 4 is 30.7 Å². The summed E-state index contributed by atoms with van der Waals surface area (Å²) in [6.07, 6.45) is 3.70. The quantitative estimate of drug-likeness (QED) is 0.542. The molecule has 0 saturated carbocycles. The van der Waals surface area contributed by atoms with Crippen molar-refractivity contribution in [2.45, 2.75) is 0 Å². The summed E-state index contributed by atoms with van der Waals surface area (Å²) in [6.45, 7) is 0. The Labute approximate surface area is 63.4 Å². The minimum atomic E-state index is 0.0975. The van der Waals surface area contributed by atoms with Crippen LogP contribution >= 0.6 is 21.0 Å². The largest absolute Gasteiger partial charge is 0.332 e. The molecule has 1 N–H and O–H groups in total. The highest BCUT2D eigenvalue weighted by atomic mass is 127. The molecule has 0 fully saturated rings. The number of nitrogens with zero attached hydrogens (tertiary/aromatic N) is 1. The molecular weight excluding hydrogens is 227 g/mol. The Morgan fingerprint density at radius 1 is 1.56 bits per heavy atom. The first kappa shape index (κ1) is 5.34. The van der Waals surface area contributed by atoms with Gasteiger partial charge in [-0.3, -0.25) is 4.98 Å². The van der Waals surface area contributed by atoms with E-state index in [1.807, 2.05) is 18.5 Å². The van der Waals surface area contributed by atoms with Crippen LogP contribution in [0.15, 0.2) is 18.5 Å². The van der Waals surface area contributed by atoms with E-state index in [9.17, 15) is 0 Å². The second kappa shape index (κ2) is 2.06. The zero-order chi connectivity index (χ0) is 6.10. The molecule has 3 heteroatoms. The summed E-state index contributed by atoms with van der Waals surface area (Å²) in [4.78, 5) is 3.99. The van der Waals surface area contributed by atoms with Gasteiger partial charge >= 0.3 is 0 Å². The lowest BCUT2D eigenvalue weighted by Gasteiger charge is -1.93. The Morgan fingerprint density at radius 2 is 2.56 bits per heavy atom. The second-order valence-electron chi connectivity index (χ2n) is 1.78. The van der Waals surface area contributed by atoms with Gasteiger partial charge in [0.2, 0.25) is 0 Å². The van der Waals surface area contributed by atoms with Crippen LogP contribution in [-0.2, 0) is 0 Å². The lowest BCUT2D eigenvalue weighted by molar-refractivity contribution is 1.33. The number of anilines is 1. The molecule has 9 heavy (non-hydrogen) atoms. The highest BCUT2D eigenvalue weighted by Gasteiger charge is 2.01. The third-order valence-electron chi connectivity index (χ3n) is 1.18. The third-order valence-corrected chi connectivity index (χ3v) is 3.06. The molecule has 0 unspecified atom stereocenters. The number of hydrogen-bond acceptors (Lipinski definition) is 2. The predicted molar refractivity (Wildman–Crippen MR) is 47.0 cm³/mol. The van der Waals surface area contributed by atoms with Crippen LogP contribution in [0.2, 0.25) is 0 Å². The Balaban J connectivity index is 2.63. The third kappa shape index (κ3) is 0.849. The first-order chi connectivity index (χ1) is 4.47. The lowest BCUT2D eigenvalue weighted by Crippen LogP contribution is -1.81. The maximum atomic E-state index is 3.99. The van der Waals surface area contributed by atoms with Gasteiger partial charge in [-0.05, 0) is 31.1 Å². The minimum absolute atomic E-state index is 0.0975. The molecule has 0 saturated heterocycles. The smallest absolute Gasteiger partial charge is 0.0688 e. The Kier molecular flexibility index (Phi) is 1.22. The van der Waals surface area contributed by atoms with Crippen molar-refractivity contribution in [2.24, 2.45) is 0 Å². The van der Waals surface area contributed by atoms with E-state index in [0.29, 0.717) is 0 Å². The summed E-state index contributed by atoms with van der Waals surface area (Å²) < 4.78 is 5.55. The molecule has 46 valence electrons. The summed E-state index contributed by atoms with van der Waals surface area (Å²) in [5, 5.41) is 0. The molecule has 0 radical (unpaired) electrons. The van der Waals surface area contributed by atoms with Gasteiger partial charge < -0.3 is 3.53 Å². The molecular formula is C6H5IN2. The first-order valence-corrected chi connectivity index (χ1v) is 4.95. The van der Waals surface area contributed by atoms with Gasteiger partial charge in [-0.15, -0.1) is 0 Å². The number of pyridine rings is 1. The van der Waals surface area contributed by atoms with Crippen LogP contribution in [-0.4, -0.2) is 9.00 Å². The van der Waals surface area contributed by atoms with Crippen molar-refractivity contribution in [3.63, 3.8) is 0 Å². The van der Waals surface area contributed by atoms with E-state index in [4.69, 9.17) is 0 Å². The standard InChI is InChI=1S/C6H5IN2/c1-2-8-4-6-5(1)3-7-9-6/h1-4,9H. The van der Waals surface area contributed by atoms with Gasteiger partial charge in [0.15, 0.2) is 0 Å². The number of nitrogens with one attached hydrogen (secondary N) is 1. The van der Waals surface area contributed by atoms with Crippen LogP contribution in [0.25, 0.3) is 0 Å². The molecule has 0 atom stereocenters. The monoisotopic (exact) mass is 232 g/mol. The van der Waals surface area contributed by atoms with Crippen LogP contribution in [0.4, 0.5) is 5.69 Å². The van der Waals surface area contributed by atoms with Gasteiger partial charge in [0.25, 0.3) is 0 Å². The van der Waals surface area contributed by atoms with E-state index in [-0.39, 0.29) is 21.0 Å². The molecule has 2 nitrogen and oxygen atoms in total. The molecule has 0 amide bonds. The summed E-state index contributed by atoms with van der Waals surface area (Å²) in [5.41, 5.74) is 2.52. The fourth-order valence-electron chi connectivity index (χ4n) is 0.724. The van der Waals surface area contributed by atoms with E-state index in [0.717, 1.165) is 0 Å². The van der Waals surface area contributed by atoms with Crippen LogP contribution in [0.1, 0.15) is 5.56 Å². The minimum Gasteiger partial charge on any atom is -0.332 e. The van der Waals surface area contributed by atoms with Gasteiger partial charge in [0, 0.05) is 11.8 Å². The highest BCUT2D eigenvalue weighted by molar-refractivity contribution is 14.2. The van der Waals surface area contributed by atoms with E-state index in [1.54, 1.807) is 0 Å². The van der Waals surface area contributed by atoms with Crippen molar-refractivity contribution in [3.8, 4) is 0 Å². The summed E-state index contributed by atoms with van der Waals surface area (Å²) >= 11 is 0.0975. The SMILES string of the molecule is C1=INc2cnccc21.